The number of phenolic OH excluding ortho intramolecular Hbond substituents is 1. The standard InChI is InChI=1S/C16H17F2NO/c1-11(2-3-12-4-7-14(20)8-5-12)19-16-9-6-13(17)10-15(16)18/h4-11,19-20H,2-3H2,1H3. The highest BCUT2D eigenvalue weighted by atomic mass is 19.1. The second-order valence-corrected chi connectivity index (χ2v) is 4.87. The summed E-state index contributed by atoms with van der Waals surface area (Å²) in [5, 5.41) is 12.2. The van der Waals surface area contributed by atoms with Crippen molar-refractivity contribution in [1.82, 2.24) is 0 Å². The lowest BCUT2D eigenvalue weighted by Crippen LogP contribution is -2.17. The van der Waals surface area contributed by atoms with Crippen LogP contribution in [0, 0.1) is 11.6 Å². The maximum Gasteiger partial charge on any atom is 0.149 e. The number of aryl methyl sites for hydroxylation is 1. The van der Waals surface area contributed by atoms with E-state index < -0.39 is 11.6 Å². The maximum absolute atomic E-state index is 13.5. The molecular formula is C16H17F2NO. The molecule has 20 heavy (non-hydrogen) atoms. The molecular weight excluding hydrogens is 260 g/mol. The van der Waals surface area contributed by atoms with E-state index in [0.29, 0.717) is 5.69 Å². The van der Waals surface area contributed by atoms with E-state index in [0.717, 1.165) is 24.5 Å². The van der Waals surface area contributed by atoms with Gasteiger partial charge in [0, 0.05) is 12.1 Å². The van der Waals surface area contributed by atoms with Gasteiger partial charge in [0.1, 0.15) is 17.4 Å². The highest BCUT2D eigenvalue weighted by Gasteiger charge is 2.07. The quantitative estimate of drug-likeness (QED) is 0.862. The molecule has 0 heterocycles. The summed E-state index contributed by atoms with van der Waals surface area (Å²) >= 11 is 0. The minimum Gasteiger partial charge on any atom is -0.508 e. The van der Waals surface area contributed by atoms with E-state index in [-0.39, 0.29) is 11.8 Å². The molecule has 2 aromatic rings. The predicted molar refractivity (Wildman–Crippen MR) is 75.9 cm³/mol. The number of hydrogen-bond acceptors (Lipinski definition) is 2. The molecule has 1 unspecified atom stereocenters. The summed E-state index contributed by atoms with van der Waals surface area (Å²) in [5.41, 5.74) is 1.42. The molecule has 0 bridgehead atoms. The molecule has 0 spiro atoms. The predicted octanol–water partition coefficient (Wildman–Crippen LogP) is 4.10. The molecule has 4 heteroatoms. The van der Waals surface area contributed by atoms with Gasteiger partial charge < -0.3 is 10.4 Å². The number of hydrogen-bond donors (Lipinski definition) is 2. The lowest BCUT2D eigenvalue weighted by Gasteiger charge is -2.15. The zero-order valence-electron chi connectivity index (χ0n) is 11.2. The van der Waals surface area contributed by atoms with Crippen molar-refractivity contribution in [1.29, 1.82) is 0 Å². The monoisotopic (exact) mass is 277 g/mol. The van der Waals surface area contributed by atoms with Crippen LogP contribution in [0.4, 0.5) is 14.5 Å². The van der Waals surface area contributed by atoms with E-state index in [1.54, 1.807) is 12.1 Å². The fraction of sp³-hybridized carbons (Fsp3) is 0.250. The zero-order chi connectivity index (χ0) is 14.5. The fourth-order valence-corrected chi connectivity index (χ4v) is 1.99. The van der Waals surface area contributed by atoms with Gasteiger partial charge in [-0.1, -0.05) is 12.1 Å². The van der Waals surface area contributed by atoms with Crippen LogP contribution in [0.25, 0.3) is 0 Å². The summed E-state index contributed by atoms with van der Waals surface area (Å²) < 4.78 is 26.3. The van der Waals surface area contributed by atoms with Gasteiger partial charge in [-0.25, -0.2) is 8.78 Å². The van der Waals surface area contributed by atoms with E-state index in [1.165, 1.54) is 12.1 Å². The highest BCUT2D eigenvalue weighted by Crippen LogP contribution is 2.18. The lowest BCUT2D eigenvalue weighted by atomic mass is 10.1. The molecule has 0 saturated heterocycles. The highest BCUT2D eigenvalue weighted by molar-refractivity contribution is 5.45. The van der Waals surface area contributed by atoms with Crippen molar-refractivity contribution >= 4 is 5.69 Å². The van der Waals surface area contributed by atoms with Crippen LogP contribution in [0.15, 0.2) is 42.5 Å². The molecule has 106 valence electrons. The van der Waals surface area contributed by atoms with Crippen LogP contribution in [0.3, 0.4) is 0 Å². The molecule has 0 fully saturated rings. The smallest absolute Gasteiger partial charge is 0.149 e. The van der Waals surface area contributed by atoms with Gasteiger partial charge in [0.2, 0.25) is 0 Å². The van der Waals surface area contributed by atoms with Crippen molar-refractivity contribution < 1.29 is 13.9 Å². The Bertz CT molecular complexity index is 569. The summed E-state index contributed by atoms with van der Waals surface area (Å²) in [4.78, 5) is 0. The SMILES string of the molecule is CC(CCc1ccc(O)cc1)Nc1ccc(F)cc1F. The van der Waals surface area contributed by atoms with Gasteiger partial charge >= 0.3 is 0 Å². The fourth-order valence-electron chi connectivity index (χ4n) is 1.99. The first-order chi connectivity index (χ1) is 9.54. The van der Waals surface area contributed by atoms with Crippen molar-refractivity contribution in [3.05, 3.63) is 59.7 Å². The molecule has 2 N–H and O–H groups in total. The van der Waals surface area contributed by atoms with Crippen LogP contribution in [-0.2, 0) is 6.42 Å². The maximum atomic E-state index is 13.5. The van der Waals surface area contributed by atoms with Gasteiger partial charge in [0.15, 0.2) is 0 Å². The van der Waals surface area contributed by atoms with Crippen molar-refractivity contribution in [3.8, 4) is 5.75 Å². The molecule has 0 aliphatic rings. The minimum atomic E-state index is -0.582. The van der Waals surface area contributed by atoms with Gasteiger partial charge in [-0.3, -0.25) is 0 Å². The molecule has 2 nitrogen and oxygen atoms in total. The van der Waals surface area contributed by atoms with Crippen LogP contribution in [0.1, 0.15) is 18.9 Å². The van der Waals surface area contributed by atoms with Crippen molar-refractivity contribution in [2.75, 3.05) is 5.32 Å². The second kappa shape index (κ2) is 6.37. The Hall–Kier alpha value is -2.10. The summed E-state index contributed by atoms with van der Waals surface area (Å²) in [6.07, 6.45) is 1.62. The Morgan fingerprint density at radius 3 is 2.45 bits per heavy atom. The molecule has 0 saturated carbocycles. The van der Waals surface area contributed by atoms with Crippen molar-refractivity contribution in [3.63, 3.8) is 0 Å². The molecule has 0 amide bonds. The summed E-state index contributed by atoms with van der Waals surface area (Å²) in [5.74, 6) is -0.917. The molecule has 0 aromatic heterocycles. The molecule has 2 aromatic carbocycles. The average molecular weight is 277 g/mol. The average Bonchev–Trinajstić information content (AvgIpc) is 2.41. The summed E-state index contributed by atoms with van der Waals surface area (Å²) in [6.45, 7) is 1.95. The summed E-state index contributed by atoms with van der Waals surface area (Å²) in [6, 6.07) is 10.6. The molecule has 0 aliphatic carbocycles. The number of rotatable bonds is 5. The van der Waals surface area contributed by atoms with Crippen LogP contribution >= 0.6 is 0 Å². The second-order valence-electron chi connectivity index (χ2n) is 4.87. The first-order valence-corrected chi connectivity index (χ1v) is 6.54. The number of halogens is 2. The summed E-state index contributed by atoms with van der Waals surface area (Å²) in [7, 11) is 0. The molecule has 1 atom stereocenters. The number of nitrogens with one attached hydrogen (secondary N) is 1. The Kier molecular flexibility index (Phi) is 4.56. The van der Waals surface area contributed by atoms with Gasteiger partial charge in [-0.05, 0) is 49.6 Å². The third-order valence-electron chi connectivity index (χ3n) is 3.14. The third-order valence-corrected chi connectivity index (χ3v) is 3.14. The first-order valence-electron chi connectivity index (χ1n) is 6.54. The Morgan fingerprint density at radius 2 is 1.80 bits per heavy atom. The Morgan fingerprint density at radius 1 is 1.10 bits per heavy atom. The van der Waals surface area contributed by atoms with Gasteiger partial charge in [-0.15, -0.1) is 0 Å². The molecule has 2 rings (SSSR count). The number of aromatic hydroxyl groups is 1. The zero-order valence-corrected chi connectivity index (χ0v) is 11.2. The van der Waals surface area contributed by atoms with Crippen LogP contribution < -0.4 is 5.32 Å². The normalized spacial score (nSPS) is 12.2. The van der Waals surface area contributed by atoms with E-state index in [4.69, 9.17) is 0 Å². The number of anilines is 1. The number of phenols is 1. The van der Waals surface area contributed by atoms with Crippen molar-refractivity contribution in [2.24, 2.45) is 0 Å². The van der Waals surface area contributed by atoms with E-state index in [9.17, 15) is 13.9 Å². The van der Waals surface area contributed by atoms with Crippen molar-refractivity contribution in [2.45, 2.75) is 25.8 Å². The van der Waals surface area contributed by atoms with Gasteiger partial charge in [-0.2, -0.15) is 0 Å². The van der Waals surface area contributed by atoms with Gasteiger partial charge in [0.25, 0.3) is 0 Å². The van der Waals surface area contributed by atoms with E-state index >= 15 is 0 Å². The van der Waals surface area contributed by atoms with Gasteiger partial charge in [0.05, 0.1) is 5.69 Å². The largest absolute Gasteiger partial charge is 0.508 e. The Labute approximate surface area is 117 Å². The van der Waals surface area contributed by atoms with E-state index in [2.05, 4.69) is 5.32 Å². The first kappa shape index (κ1) is 14.3. The topological polar surface area (TPSA) is 32.3 Å². The number of benzene rings is 2. The van der Waals surface area contributed by atoms with Crippen LogP contribution in [0.5, 0.6) is 5.75 Å². The van der Waals surface area contributed by atoms with E-state index in [1.807, 2.05) is 19.1 Å². The van der Waals surface area contributed by atoms with Crippen LogP contribution in [-0.4, -0.2) is 11.1 Å². The molecule has 0 radical (unpaired) electrons. The minimum absolute atomic E-state index is 0.0590. The third kappa shape index (κ3) is 3.95. The Balaban J connectivity index is 1.89. The lowest BCUT2D eigenvalue weighted by molar-refractivity contribution is 0.475. The molecule has 0 aliphatic heterocycles. The van der Waals surface area contributed by atoms with Crippen LogP contribution in [0.2, 0.25) is 0 Å².